The van der Waals surface area contributed by atoms with Gasteiger partial charge in [-0.1, -0.05) is 60.7 Å². The van der Waals surface area contributed by atoms with Gasteiger partial charge in [-0.15, -0.1) is 0 Å². The molecular formula is C22H18BrNO2. The monoisotopic (exact) mass is 407 g/mol. The molecule has 26 heavy (non-hydrogen) atoms. The molecule has 1 amide bonds. The van der Waals surface area contributed by atoms with Crippen LogP contribution in [0.3, 0.4) is 0 Å². The molecule has 0 aliphatic heterocycles. The molecule has 0 saturated heterocycles. The van der Waals surface area contributed by atoms with Gasteiger partial charge in [0.2, 0.25) is 5.91 Å². The third-order valence-electron chi connectivity index (χ3n) is 4.21. The van der Waals surface area contributed by atoms with Gasteiger partial charge in [0, 0.05) is 15.6 Å². The molecule has 1 atom stereocenters. The number of ketones is 1. The molecule has 4 heteroatoms. The smallest absolute Gasteiger partial charge is 0.231 e. The van der Waals surface area contributed by atoms with Crippen molar-refractivity contribution in [1.29, 1.82) is 0 Å². The Bertz CT molecular complexity index is 938. The molecule has 0 aliphatic rings. The van der Waals surface area contributed by atoms with E-state index in [0.29, 0.717) is 11.1 Å². The number of hydrogen-bond acceptors (Lipinski definition) is 2. The second kappa shape index (κ2) is 8.11. The van der Waals surface area contributed by atoms with Gasteiger partial charge in [-0.2, -0.15) is 0 Å². The van der Waals surface area contributed by atoms with E-state index in [1.54, 1.807) is 24.3 Å². The fraction of sp³-hybridized carbons (Fsp3) is 0.0909. The number of halogens is 1. The van der Waals surface area contributed by atoms with Crippen molar-refractivity contribution in [2.24, 2.45) is 0 Å². The Hall–Kier alpha value is -2.72. The number of hydrogen-bond donors (Lipinski definition) is 1. The van der Waals surface area contributed by atoms with Crippen molar-refractivity contribution in [3.8, 4) is 0 Å². The molecule has 0 spiro atoms. The van der Waals surface area contributed by atoms with E-state index in [-0.39, 0.29) is 17.6 Å². The first-order chi connectivity index (χ1) is 12.6. The van der Waals surface area contributed by atoms with Gasteiger partial charge in [-0.3, -0.25) is 9.59 Å². The first-order valence-electron chi connectivity index (χ1n) is 8.31. The fourth-order valence-electron chi connectivity index (χ4n) is 2.66. The van der Waals surface area contributed by atoms with Gasteiger partial charge < -0.3 is 5.32 Å². The van der Waals surface area contributed by atoms with Crippen LogP contribution >= 0.6 is 15.9 Å². The molecule has 1 N–H and O–H groups in total. The van der Waals surface area contributed by atoms with E-state index >= 15 is 0 Å². The number of carbonyl (C=O) groups is 2. The van der Waals surface area contributed by atoms with Gasteiger partial charge in [-0.05, 0) is 46.6 Å². The Morgan fingerprint density at radius 1 is 0.846 bits per heavy atom. The quantitative estimate of drug-likeness (QED) is 0.573. The average Bonchev–Trinajstić information content (AvgIpc) is 2.69. The molecule has 3 rings (SSSR count). The van der Waals surface area contributed by atoms with E-state index in [2.05, 4.69) is 21.2 Å². The number of nitrogens with one attached hydrogen (secondary N) is 1. The van der Waals surface area contributed by atoms with E-state index in [1.165, 1.54) is 0 Å². The maximum absolute atomic E-state index is 12.6. The summed E-state index contributed by atoms with van der Waals surface area (Å²) in [4.78, 5) is 25.2. The number of benzene rings is 3. The molecule has 0 aliphatic carbocycles. The van der Waals surface area contributed by atoms with Gasteiger partial charge in [0.05, 0.1) is 11.6 Å². The van der Waals surface area contributed by atoms with Crippen LogP contribution in [0.1, 0.15) is 34.3 Å². The molecule has 3 aromatic rings. The summed E-state index contributed by atoms with van der Waals surface area (Å²) in [5, 5.41) is 2.92. The average molecular weight is 408 g/mol. The topological polar surface area (TPSA) is 46.2 Å². The minimum absolute atomic E-state index is 0.0501. The lowest BCUT2D eigenvalue weighted by Gasteiger charge is -2.14. The highest BCUT2D eigenvalue weighted by atomic mass is 79.9. The van der Waals surface area contributed by atoms with Crippen molar-refractivity contribution >= 4 is 33.3 Å². The highest BCUT2D eigenvalue weighted by Crippen LogP contribution is 2.24. The van der Waals surface area contributed by atoms with Crippen molar-refractivity contribution in [2.45, 2.75) is 12.8 Å². The van der Waals surface area contributed by atoms with Gasteiger partial charge >= 0.3 is 0 Å². The largest absolute Gasteiger partial charge is 0.325 e. The van der Waals surface area contributed by atoms with E-state index in [9.17, 15) is 9.59 Å². The molecule has 0 saturated carbocycles. The summed E-state index contributed by atoms with van der Waals surface area (Å²) in [6.07, 6.45) is 0. The lowest BCUT2D eigenvalue weighted by atomic mass is 9.95. The minimum Gasteiger partial charge on any atom is -0.325 e. The second-order valence-corrected chi connectivity index (χ2v) is 6.87. The summed E-state index contributed by atoms with van der Waals surface area (Å²) in [5.74, 6) is -0.558. The number of anilines is 1. The van der Waals surface area contributed by atoms with Crippen molar-refractivity contribution in [3.63, 3.8) is 0 Å². The van der Waals surface area contributed by atoms with Crippen LogP contribution in [0.5, 0.6) is 0 Å². The van der Waals surface area contributed by atoms with Crippen molar-refractivity contribution in [2.75, 3.05) is 5.32 Å². The fourth-order valence-corrected chi connectivity index (χ4v) is 3.04. The normalized spacial score (nSPS) is 11.6. The number of amides is 1. The summed E-state index contributed by atoms with van der Waals surface area (Å²) >= 11 is 3.43. The molecule has 0 fully saturated rings. The summed E-state index contributed by atoms with van der Waals surface area (Å²) in [6, 6.07) is 23.8. The first kappa shape index (κ1) is 18.1. The zero-order valence-corrected chi connectivity index (χ0v) is 15.9. The molecular weight excluding hydrogens is 390 g/mol. The Morgan fingerprint density at radius 3 is 2.23 bits per heavy atom. The highest BCUT2D eigenvalue weighted by Gasteiger charge is 2.18. The van der Waals surface area contributed by atoms with E-state index < -0.39 is 0 Å². The van der Waals surface area contributed by atoms with Crippen LogP contribution in [0.2, 0.25) is 0 Å². The lowest BCUT2D eigenvalue weighted by molar-refractivity contribution is -0.117. The first-order valence-corrected chi connectivity index (χ1v) is 9.10. The number of rotatable bonds is 5. The second-order valence-electron chi connectivity index (χ2n) is 6.01. The van der Waals surface area contributed by atoms with Crippen LogP contribution < -0.4 is 5.32 Å². The Labute approximate surface area is 161 Å². The predicted molar refractivity (Wildman–Crippen MR) is 108 cm³/mol. The summed E-state index contributed by atoms with van der Waals surface area (Å²) in [5.41, 5.74) is 2.74. The van der Waals surface area contributed by atoms with Gasteiger partial charge in [0.25, 0.3) is 0 Å². The molecule has 0 heterocycles. The Balaban J connectivity index is 1.80. The van der Waals surface area contributed by atoms with Crippen LogP contribution in [0.15, 0.2) is 83.3 Å². The third-order valence-corrected chi connectivity index (χ3v) is 4.90. The number of para-hydroxylation sites is 1. The minimum atomic E-state index is -0.384. The Morgan fingerprint density at radius 2 is 1.50 bits per heavy atom. The molecule has 130 valence electrons. The molecule has 0 bridgehead atoms. The summed E-state index contributed by atoms with van der Waals surface area (Å²) in [7, 11) is 0. The van der Waals surface area contributed by atoms with Crippen LogP contribution in [-0.2, 0) is 4.79 Å². The third kappa shape index (κ3) is 4.09. The van der Waals surface area contributed by atoms with Crippen LogP contribution in [0.4, 0.5) is 5.69 Å². The van der Waals surface area contributed by atoms with Crippen molar-refractivity contribution in [1.82, 2.24) is 0 Å². The molecule has 0 unspecified atom stereocenters. The van der Waals surface area contributed by atoms with E-state index in [1.807, 2.05) is 61.5 Å². The van der Waals surface area contributed by atoms with E-state index in [4.69, 9.17) is 0 Å². The van der Waals surface area contributed by atoms with Gasteiger partial charge in [0.15, 0.2) is 5.78 Å². The molecule has 3 nitrogen and oxygen atoms in total. The van der Waals surface area contributed by atoms with Crippen molar-refractivity contribution in [3.05, 3.63) is 100 Å². The van der Waals surface area contributed by atoms with Crippen LogP contribution in [0, 0.1) is 0 Å². The van der Waals surface area contributed by atoms with Crippen LogP contribution in [0.25, 0.3) is 0 Å². The zero-order chi connectivity index (χ0) is 18.5. The Kier molecular flexibility index (Phi) is 5.64. The summed E-state index contributed by atoms with van der Waals surface area (Å²) < 4.78 is 0.827. The molecule has 3 aromatic carbocycles. The van der Waals surface area contributed by atoms with Gasteiger partial charge in [-0.25, -0.2) is 0 Å². The van der Waals surface area contributed by atoms with Crippen molar-refractivity contribution < 1.29 is 9.59 Å². The standard InChI is InChI=1S/C22H18BrNO2/c1-15(22(26)24-20-13-6-5-12-19(20)23)17-10-7-11-18(14-17)21(25)16-8-3-2-4-9-16/h2-15H,1H3,(H,24,26)/t15-/m1/s1. The predicted octanol–water partition coefficient (Wildman–Crippen LogP) is 5.42. The lowest BCUT2D eigenvalue weighted by Crippen LogP contribution is -2.19. The summed E-state index contributed by atoms with van der Waals surface area (Å²) in [6.45, 7) is 1.83. The molecule has 0 radical (unpaired) electrons. The maximum atomic E-state index is 12.6. The molecule has 0 aromatic heterocycles. The number of carbonyl (C=O) groups excluding carboxylic acids is 2. The van der Waals surface area contributed by atoms with Gasteiger partial charge in [0.1, 0.15) is 0 Å². The SMILES string of the molecule is C[C@@H](C(=O)Nc1ccccc1Br)c1cccc(C(=O)c2ccccc2)c1. The van der Waals surface area contributed by atoms with Crippen LogP contribution in [-0.4, -0.2) is 11.7 Å². The maximum Gasteiger partial charge on any atom is 0.231 e. The highest BCUT2D eigenvalue weighted by molar-refractivity contribution is 9.10. The van der Waals surface area contributed by atoms with E-state index in [0.717, 1.165) is 15.7 Å². The zero-order valence-electron chi connectivity index (χ0n) is 14.3.